The Morgan fingerprint density at radius 2 is 1.69 bits per heavy atom. The van der Waals surface area contributed by atoms with Gasteiger partial charge >= 0.3 is 5.97 Å². The van der Waals surface area contributed by atoms with Crippen molar-refractivity contribution in [2.45, 2.75) is 50.1 Å². The molecule has 238 valence electrons. The Morgan fingerprint density at radius 3 is 2.29 bits per heavy atom. The molecule has 3 atom stereocenters. The Hall–Kier alpha value is -4.59. The second-order valence-electron chi connectivity index (χ2n) is 10.4. The average molecular weight is 648 g/mol. The summed E-state index contributed by atoms with van der Waals surface area (Å²) in [6.45, 7) is -0.406. The van der Waals surface area contributed by atoms with Crippen molar-refractivity contribution < 1.29 is 46.6 Å². The quantitative estimate of drug-likeness (QED) is 0.192. The van der Waals surface area contributed by atoms with E-state index in [0.717, 1.165) is 10.5 Å². The van der Waals surface area contributed by atoms with Crippen LogP contribution in [-0.4, -0.2) is 71.1 Å². The number of hydrogen-bond donors (Lipinski definition) is 3. The van der Waals surface area contributed by atoms with Crippen LogP contribution in [0.4, 0.5) is 17.6 Å². The van der Waals surface area contributed by atoms with Crippen LogP contribution in [0.15, 0.2) is 60.0 Å². The Balaban J connectivity index is 1.46. The minimum Gasteiger partial charge on any atom is -0.478 e. The maximum Gasteiger partial charge on any atom is 0.335 e. The number of benzene rings is 2. The van der Waals surface area contributed by atoms with Crippen molar-refractivity contribution >= 4 is 40.8 Å². The van der Waals surface area contributed by atoms with Crippen molar-refractivity contribution in [3.05, 3.63) is 93.2 Å². The largest absolute Gasteiger partial charge is 0.478 e. The molecule has 1 aliphatic rings. The lowest BCUT2D eigenvalue weighted by Crippen LogP contribution is -2.54. The molecule has 2 heterocycles. The number of aromatic carboxylic acids is 1. The molecule has 3 amide bonds. The summed E-state index contributed by atoms with van der Waals surface area (Å²) < 4.78 is 55.4. The van der Waals surface area contributed by atoms with Gasteiger partial charge in [-0.25, -0.2) is 22.4 Å². The third-order valence-electron chi connectivity index (χ3n) is 7.40. The summed E-state index contributed by atoms with van der Waals surface area (Å²) in [6, 6.07) is 10.6. The smallest absolute Gasteiger partial charge is 0.335 e. The molecule has 1 aromatic heterocycles. The number of carbonyl (C=O) groups is 5. The number of nitrogens with one attached hydrogen (secondary N) is 2. The molecule has 0 aliphatic carbocycles. The lowest BCUT2D eigenvalue weighted by atomic mass is 9.96. The van der Waals surface area contributed by atoms with Crippen molar-refractivity contribution in [1.82, 2.24) is 15.5 Å². The first kappa shape index (κ1) is 33.3. The highest BCUT2D eigenvalue weighted by Gasteiger charge is 2.43. The number of likely N-dealkylation sites (tertiary alicyclic amines) is 1. The van der Waals surface area contributed by atoms with Crippen LogP contribution in [0.25, 0.3) is 0 Å². The number of carbonyl (C=O) groups excluding carboxylic acids is 4. The predicted molar refractivity (Wildman–Crippen MR) is 155 cm³/mol. The van der Waals surface area contributed by atoms with E-state index in [1.165, 1.54) is 11.3 Å². The number of hydrogen-bond acceptors (Lipinski definition) is 6. The number of carboxylic acids is 1. The van der Waals surface area contributed by atoms with Crippen LogP contribution in [-0.2, 0) is 32.0 Å². The highest BCUT2D eigenvalue weighted by Crippen LogP contribution is 2.32. The molecule has 0 spiro atoms. The number of ketones is 1. The summed E-state index contributed by atoms with van der Waals surface area (Å²) in [6.07, 6.45) is -4.65. The summed E-state index contributed by atoms with van der Waals surface area (Å²) in [5, 5.41) is 15.2. The average Bonchev–Trinajstić information content (AvgIpc) is 3.68. The molecule has 4 rings (SSSR count). The lowest BCUT2D eigenvalue weighted by Gasteiger charge is -2.26. The molecule has 45 heavy (non-hydrogen) atoms. The van der Waals surface area contributed by atoms with Crippen molar-refractivity contribution in [3.8, 4) is 0 Å². The van der Waals surface area contributed by atoms with E-state index in [4.69, 9.17) is 5.11 Å². The predicted octanol–water partition coefficient (Wildman–Crippen LogP) is 3.72. The molecule has 2 aromatic carbocycles. The van der Waals surface area contributed by atoms with Gasteiger partial charge in [0.1, 0.15) is 23.7 Å². The fourth-order valence-corrected chi connectivity index (χ4v) is 5.86. The monoisotopic (exact) mass is 647 g/mol. The fourth-order valence-electron chi connectivity index (χ4n) is 5.16. The zero-order valence-electron chi connectivity index (χ0n) is 23.7. The first-order valence-electron chi connectivity index (χ1n) is 13.9. The summed E-state index contributed by atoms with van der Waals surface area (Å²) in [5.41, 5.74) is -0.331. The third kappa shape index (κ3) is 8.53. The number of nitrogens with zero attached hydrogens (tertiary/aromatic N) is 1. The number of rotatable bonds is 13. The first-order valence-corrected chi connectivity index (χ1v) is 14.8. The van der Waals surface area contributed by atoms with Gasteiger partial charge in [-0.1, -0.05) is 36.4 Å². The van der Waals surface area contributed by atoms with Gasteiger partial charge in [0.15, 0.2) is 0 Å². The van der Waals surface area contributed by atoms with Crippen LogP contribution in [0.1, 0.15) is 45.1 Å². The Morgan fingerprint density at radius 1 is 1.00 bits per heavy atom. The Kier molecular flexibility index (Phi) is 11.0. The highest BCUT2D eigenvalue weighted by atomic mass is 32.1. The van der Waals surface area contributed by atoms with Crippen molar-refractivity contribution in [3.63, 3.8) is 0 Å². The van der Waals surface area contributed by atoms with Gasteiger partial charge < -0.3 is 20.6 Å². The fraction of sp³-hybridized carbons (Fsp3) is 0.323. The number of thiophene rings is 1. The van der Waals surface area contributed by atoms with Gasteiger partial charge in [0.25, 0.3) is 5.91 Å². The minimum absolute atomic E-state index is 0.0145. The van der Waals surface area contributed by atoms with E-state index in [0.29, 0.717) is 17.0 Å². The van der Waals surface area contributed by atoms with Gasteiger partial charge in [0.05, 0.1) is 12.0 Å². The lowest BCUT2D eigenvalue weighted by molar-refractivity contribution is -0.147. The van der Waals surface area contributed by atoms with E-state index in [1.807, 2.05) is 0 Å². The molecule has 0 saturated carbocycles. The molecule has 0 bridgehead atoms. The third-order valence-corrected chi connectivity index (χ3v) is 8.27. The summed E-state index contributed by atoms with van der Waals surface area (Å²) in [5.74, 6) is -7.83. The molecule has 1 unspecified atom stereocenters. The van der Waals surface area contributed by atoms with E-state index in [9.17, 15) is 41.5 Å². The number of amides is 3. The van der Waals surface area contributed by atoms with Crippen LogP contribution in [0.5, 0.6) is 0 Å². The van der Waals surface area contributed by atoms with E-state index < -0.39 is 90.1 Å². The van der Waals surface area contributed by atoms with Gasteiger partial charge in [0, 0.05) is 35.9 Å². The van der Waals surface area contributed by atoms with E-state index in [2.05, 4.69) is 10.6 Å². The van der Waals surface area contributed by atoms with Crippen molar-refractivity contribution in [1.29, 1.82) is 0 Å². The topological polar surface area (TPSA) is 133 Å². The minimum atomic E-state index is -3.02. The second kappa shape index (κ2) is 14.9. The van der Waals surface area contributed by atoms with Gasteiger partial charge in [-0.2, -0.15) is 0 Å². The molecule has 1 fully saturated rings. The standard InChI is InChI=1S/C31H29F4N3O6S/c32-22-11-18(31(43)44)12-23(33)21(22)8-9-36-28(40)24(15-27(34)35)37-29(41)25-13-19(17-5-2-1-3-6-17)16-38(25)30(42)26(39)14-20-7-4-10-45-20/h1-7,10-12,19,24-25,27H,8-9,13-16H2,(H,36,40)(H,37,41)(H,43,44)/t19-,24+,25?/m1/s1. The zero-order valence-corrected chi connectivity index (χ0v) is 24.5. The number of carboxylic acid groups (broad SMARTS) is 1. The van der Waals surface area contributed by atoms with Gasteiger partial charge in [-0.05, 0) is 42.0 Å². The molecule has 3 aromatic rings. The molecule has 3 N–H and O–H groups in total. The maximum atomic E-state index is 14.3. The van der Waals surface area contributed by atoms with E-state index in [1.54, 1.807) is 47.8 Å². The van der Waals surface area contributed by atoms with Crippen LogP contribution in [0.3, 0.4) is 0 Å². The number of alkyl halides is 2. The maximum absolute atomic E-state index is 14.3. The van der Waals surface area contributed by atoms with Crippen molar-refractivity contribution in [2.24, 2.45) is 0 Å². The Bertz CT molecular complexity index is 1530. The first-order chi connectivity index (χ1) is 21.4. The highest BCUT2D eigenvalue weighted by molar-refractivity contribution is 7.10. The summed E-state index contributed by atoms with van der Waals surface area (Å²) >= 11 is 1.29. The molecular formula is C31H29F4N3O6S. The number of halogens is 4. The van der Waals surface area contributed by atoms with E-state index >= 15 is 0 Å². The molecule has 14 heteroatoms. The molecular weight excluding hydrogens is 618 g/mol. The van der Waals surface area contributed by atoms with Gasteiger partial charge in [-0.15, -0.1) is 11.3 Å². The SMILES string of the molecule is O=C(Cc1cccs1)C(=O)N1C[C@H](c2ccccc2)CC1C(=O)N[C@@H](CC(F)F)C(=O)NCCc1c(F)cc(C(=O)O)cc1F. The van der Waals surface area contributed by atoms with Crippen LogP contribution < -0.4 is 10.6 Å². The Labute approximate surface area is 259 Å². The van der Waals surface area contributed by atoms with E-state index in [-0.39, 0.29) is 25.3 Å². The zero-order chi connectivity index (χ0) is 32.7. The van der Waals surface area contributed by atoms with Crippen LogP contribution in [0, 0.1) is 11.6 Å². The number of Topliss-reactive ketones (excluding diaryl/α,β-unsaturated/α-hetero) is 1. The van der Waals surface area contributed by atoms with Crippen LogP contribution in [0.2, 0.25) is 0 Å². The van der Waals surface area contributed by atoms with Crippen molar-refractivity contribution in [2.75, 3.05) is 13.1 Å². The molecule has 1 saturated heterocycles. The van der Waals surface area contributed by atoms with Gasteiger partial charge in [0.2, 0.25) is 24.0 Å². The molecule has 9 nitrogen and oxygen atoms in total. The molecule has 0 radical (unpaired) electrons. The normalized spacial score (nSPS) is 16.8. The summed E-state index contributed by atoms with van der Waals surface area (Å²) in [7, 11) is 0. The summed E-state index contributed by atoms with van der Waals surface area (Å²) in [4.78, 5) is 65.2. The second-order valence-corrected chi connectivity index (χ2v) is 11.5. The molecule has 1 aliphatic heterocycles. The van der Waals surface area contributed by atoms with Gasteiger partial charge in [-0.3, -0.25) is 19.2 Å². The van der Waals surface area contributed by atoms with Crippen LogP contribution >= 0.6 is 11.3 Å².